The Labute approximate surface area is 109 Å². The molecule has 0 saturated heterocycles. The van der Waals surface area contributed by atoms with E-state index < -0.39 is 0 Å². The largest absolute Gasteiger partial charge is 0.351 e. The molecule has 0 aliphatic heterocycles. The van der Waals surface area contributed by atoms with Gasteiger partial charge in [-0.2, -0.15) is 0 Å². The maximum absolute atomic E-state index is 12.0. The van der Waals surface area contributed by atoms with Crippen LogP contribution in [0.2, 0.25) is 0 Å². The number of carbonyl (C=O) groups excluding carboxylic acids is 1. The predicted octanol–water partition coefficient (Wildman–Crippen LogP) is 3.22. The third-order valence-electron chi connectivity index (χ3n) is 3.20. The van der Waals surface area contributed by atoms with Crippen molar-refractivity contribution in [3.05, 3.63) is 21.9 Å². The molecule has 88 valence electrons. The van der Waals surface area contributed by atoms with Crippen LogP contribution in [-0.2, 0) is 6.42 Å². The summed E-state index contributed by atoms with van der Waals surface area (Å²) in [6, 6.07) is 2.04. The standard InChI is InChI=1S/C12H16BrNOS/c1-2-9-3-6-16-10(9)11(15)14-8-12(7-13)4-5-12/h3,6H,2,4-5,7-8H2,1H3,(H,14,15). The fraction of sp³-hybridized carbons (Fsp3) is 0.583. The summed E-state index contributed by atoms with van der Waals surface area (Å²) in [6.45, 7) is 2.89. The van der Waals surface area contributed by atoms with E-state index in [4.69, 9.17) is 0 Å². The van der Waals surface area contributed by atoms with Crippen molar-refractivity contribution < 1.29 is 4.79 Å². The Kier molecular flexibility index (Phi) is 3.70. The van der Waals surface area contributed by atoms with Gasteiger partial charge in [-0.3, -0.25) is 4.79 Å². The van der Waals surface area contributed by atoms with Crippen LogP contribution in [0.1, 0.15) is 35.0 Å². The van der Waals surface area contributed by atoms with Crippen LogP contribution < -0.4 is 5.32 Å². The Morgan fingerprint density at radius 3 is 2.94 bits per heavy atom. The minimum atomic E-state index is 0.0964. The molecule has 2 rings (SSSR count). The Morgan fingerprint density at radius 1 is 1.62 bits per heavy atom. The third-order valence-corrected chi connectivity index (χ3v) is 5.34. The number of aryl methyl sites for hydroxylation is 1. The number of alkyl halides is 1. The van der Waals surface area contributed by atoms with E-state index in [1.165, 1.54) is 24.2 Å². The summed E-state index contributed by atoms with van der Waals surface area (Å²) in [7, 11) is 0. The van der Waals surface area contributed by atoms with Crippen LogP contribution in [0.15, 0.2) is 11.4 Å². The van der Waals surface area contributed by atoms with Gasteiger partial charge in [0.15, 0.2) is 0 Å². The number of hydrogen-bond donors (Lipinski definition) is 1. The highest BCUT2D eigenvalue weighted by Crippen LogP contribution is 2.46. The lowest BCUT2D eigenvalue weighted by Crippen LogP contribution is -2.30. The van der Waals surface area contributed by atoms with Gasteiger partial charge in [0, 0.05) is 11.9 Å². The number of nitrogens with one attached hydrogen (secondary N) is 1. The zero-order chi connectivity index (χ0) is 11.6. The van der Waals surface area contributed by atoms with E-state index in [0.29, 0.717) is 5.41 Å². The highest BCUT2D eigenvalue weighted by molar-refractivity contribution is 9.09. The SMILES string of the molecule is CCc1ccsc1C(=O)NCC1(CBr)CC1. The van der Waals surface area contributed by atoms with Gasteiger partial charge in [-0.15, -0.1) is 11.3 Å². The van der Waals surface area contributed by atoms with Crippen molar-refractivity contribution in [1.82, 2.24) is 5.32 Å². The van der Waals surface area contributed by atoms with Crippen LogP contribution >= 0.6 is 27.3 Å². The molecule has 0 atom stereocenters. The number of thiophene rings is 1. The summed E-state index contributed by atoms with van der Waals surface area (Å²) in [5, 5.41) is 6.04. The number of halogens is 1. The number of carbonyl (C=O) groups is 1. The lowest BCUT2D eigenvalue weighted by molar-refractivity contribution is 0.0950. The monoisotopic (exact) mass is 301 g/mol. The van der Waals surface area contributed by atoms with Crippen LogP contribution in [0.5, 0.6) is 0 Å². The van der Waals surface area contributed by atoms with Crippen molar-refractivity contribution in [2.75, 3.05) is 11.9 Å². The van der Waals surface area contributed by atoms with E-state index in [9.17, 15) is 4.79 Å². The lowest BCUT2D eigenvalue weighted by atomic mass is 10.1. The van der Waals surface area contributed by atoms with E-state index >= 15 is 0 Å². The van der Waals surface area contributed by atoms with Gasteiger partial charge >= 0.3 is 0 Å². The second kappa shape index (κ2) is 4.88. The normalized spacial score (nSPS) is 17.1. The van der Waals surface area contributed by atoms with Gasteiger partial charge in [-0.25, -0.2) is 0 Å². The molecule has 1 saturated carbocycles. The highest BCUT2D eigenvalue weighted by Gasteiger charge is 2.41. The molecule has 1 aromatic rings. The molecule has 0 radical (unpaired) electrons. The van der Waals surface area contributed by atoms with Crippen molar-refractivity contribution in [1.29, 1.82) is 0 Å². The lowest BCUT2D eigenvalue weighted by Gasteiger charge is -2.12. The Bertz CT molecular complexity index is 384. The molecule has 0 spiro atoms. The summed E-state index contributed by atoms with van der Waals surface area (Å²) in [5.74, 6) is 0.0964. The molecular formula is C12H16BrNOS. The van der Waals surface area contributed by atoms with E-state index in [-0.39, 0.29) is 5.91 Å². The van der Waals surface area contributed by atoms with Crippen LogP contribution in [0.4, 0.5) is 0 Å². The van der Waals surface area contributed by atoms with Gasteiger partial charge in [-0.1, -0.05) is 22.9 Å². The van der Waals surface area contributed by atoms with E-state index in [2.05, 4.69) is 28.2 Å². The van der Waals surface area contributed by atoms with E-state index in [0.717, 1.165) is 28.7 Å². The number of hydrogen-bond acceptors (Lipinski definition) is 2. The topological polar surface area (TPSA) is 29.1 Å². The summed E-state index contributed by atoms with van der Waals surface area (Å²) >= 11 is 5.05. The molecule has 0 bridgehead atoms. The first-order valence-corrected chi connectivity index (χ1v) is 7.61. The van der Waals surface area contributed by atoms with Gasteiger partial charge in [0.2, 0.25) is 0 Å². The van der Waals surface area contributed by atoms with Crippen molar-refractivity contribution >= 4 is 33.2 Å². The van der Waals surface area contributed by atoms with Gasteiger partial charge in [0.1, 0.15) is 0 Å². The summed E-state index contributed by atoms with van der Waals surface area (Å²) < 4.78 is 0. The van der Waals surface area contributed by atoms with Crippen molar-refractivity contribution in [3.8, 4) is 0 Å². The first kappa shape index (κ1) is 12.1. The second-order valence-corrected chi connectivity index (χ2v) is 5.92. The smallest absolute Gasteiger partial charge is 0.261 e. The molecule has 1 aliphatic carbocycles. The summed E-state index contributed by atoms with van der Waals surface area (Å²) in [5.41, 5.74) is 1.51. The average Bonchev–Trinajstić information content (AvgIpc) is 2.94. The quantitative estimate of drug-likeness (QED) is 0.831. The highest BCUT2D eigenvalue weighted by atomic mass is 79.9. The van der Waals surface area contributed by atoms with Crippen LogP contribution in [0.25, 0.3) is 0 Å². The van der Waals surface area contributed by atoms with Crippen molar-refractivity contribution in [3.63, 3.8) is 0 Å². The van der Waals surface area contributed by atoms with Crippen molar-refractivity contribution in [2.24, 2.45) is 5.41 Å². The molecular weight excluding hydrogens is 286 g/mol. The fourth-order valence-electron chi connectivity index (χ4n) is 1.70. The molecule has 1 heterocycles. The zero-order valence-electron chi connectivity index (χ0n) is 9.38. The molecule has 1 fully saturated rings. The summed E-state index contributed by atoms with van der Waals surface area (Å²) in [4.78, 5) is 12.8. The van der Waals surface area contributed by atoms with Gasteiger partial charge < -0.3 is 5.32 Å². The minimum Gasteiger partial charge on any atom is -0.351 e. The molecule has 4 heteroatoms. The molecule has 0 unspecified atom stereocenters. The van der Waals surface area contributed by atoms with Gasteiger partial charge in [0.25, 0.3) is 5.91 Å². The molecule has 1 aliphatic rings. The second-order valence-electron chi connectivity index (χ2n) is 4.44. The van der Waals surface area contributed by atoms with Gasteiger partial charge in [0.05, 0.1) is 4.88 Å². The summed E-state index contributed by atoms with van der Waals surface area (Å²) in [6.07, 6.45) is 3.38. The maximum atomic E-state index is 12.0. The van der Waals surface area contributed by atoms with Crippen LogP contribution in [0, 0.1) is 5.41 Å². The molecule has 1 amide bonds. The Hall–Kier alpha value is -0.350. The first-order valence-electron chi connectivity index (χ1n) is 5.61. The number of rotatable bonds is 5. The fourth-order valence-corrected chi connectivity index (χ4v) is 3.37. The average molecular weight is 302 g/mol. The third kappa shape index (κ3) is 2.48. The molecule has 0 aromatic carbocycles. The van der Waals surface area contributed by atoms with E-state index in [1.54, 1.807) is 0 Å². The van der Waals surface area contributed by atoms with Crippen molar-refractivity contribution in [2.45, 2.75) is 26.2 Å². The Morgan fingerprint density at radius 2 is 2.38 bits per heavy atom. The Balaban J connectivity index is 1.93. The van der Waals surface area contributed by atoms with E-state index in [1.807, 2.05) is 11.4 Å². The van der Waals surface area contributed by atoms with Crippen LogP contribution in [0.3, 0.4) is 0 Å². The molecule has 2 nitrogen and oxygen atoms in total. The maximum Gasteiger partial charge on any atom is 0.261 e. The predicted molar refractivity (Wildman–Crippen MR) is 71.5 cm³/mol. The number of amides is 1. The zero-order valence-corrected chi connectivity index (χ0v) is 11.8. The van der Waals surface area contributed by atoms with Gasteiger partial charge in [-0.05, 0) is 41.7 Å². The molecule has 1 N–H and O–H groups in total. The first-order chi connectivity index (χ1) is 7.71. The molecule has 16 heavy (non-hydrogen) atoms. The molecule has 1 aromatic heterocycles. The van der Waals surface area contributed by atoms with Crippen LogP contribution in [-0.4, -0.2) is 17.8 Å². The minimum absolute atomic E-state index is 0.0964.